The van der Waals surface area contributed by atoms with E-state index in [9.17, 15) is 0 Å². The molecule has 2 aromatic rings. The molecular formula is C16H25ClN4. The molecule has 1 fully saturated rings. The molecule has 5 heteroatoms. The smallest absolute Gasteiger partial charge is 0.158 e. The normalized spacial score (nSPS) is 21.5. The van der Waals surface area contributed by atoms with Crippen LogP contribution < -0.4 is 0 Å². The third-order valence-corrected chi connectivity index (χ3v) is 4.96. The maximum absolute atomic E-state index is 6.00. The fourth-order valence-corrected chi connectivity index (χ4v) is 3.92. The molecule has 116 valence electrons. The molecule has 1 aliphatic rings. The van der Waals surface area contributed by atoms with Crippen molar-refractivity contribution in [1.82, 2.24) is 19.3 Å². The van der Waals surface area contributed by atoms with Crippen molar-refractivity contribution in [2.24, 2.45) is 12.5 Å². The minimum atomic E-state index is 0.422. The fraction of sp³-hybridized carbons (Fsp3) is 0.750. The van der Waals surface area contributed by atoms with Gasteiger partial charge in [-0.05, 0) is 31.1 Å². The van der Waals surface area contributed by atoms with Crippen LogP contribution in [-0.4, -0.2) is 25.2 Å². The largest absolute Gasteiger partial charge is 0.310 e. The minimum absolute atomic E-state index is 0.422. The summed E-state index contributed by atoms with van der Waals surface area (Å²) in [5.41, 5.74) is 3.77. The van der Waals surface area contributed by atoms with E-state index in [0.717, 1.165) is 29.9 Å². The monoisotopic (exact) mass is 308 g/mol. The second kappa shape index (κ2) is 5.31. The van der Waals surface area contributed by atoms with E-state index in [1.54, 1.807) is 0 Å². The summed E-state index contributed by atoms with van der Waals surface area (Å²) < 4.78 is 4.43. The Kier molecular flexibility index (Phi) is 3.76. The first-order valence-corrected chi connectivity index (χ1v) is 8.49. The van der Waals surface area contributed by atoms with E-state index in [4.69, 9.17) is 16.6 Å². The standard InChI is InChI=1S/C16H25ClN4/c1-5-12-14-15(20(4)19-12)21(13(18-14)7-9-17)11-6-8-16(2,3)10-11/h11H,5-10H2,1-4H3. The molecule has 21 heavy (non-hydrogen) atoms. The summed E-state index contributed by atoms with van der Waals surface area (Å²) in [6.07, 6.45) is 5.46. The van der Waals surface area contributed by atoms with Crippen LogP contribution in [0, 0.1) is 5.41 Å². The van der Waals surface area contributed by atoms with Crippen molar-refractivity contribution in [3.8, 4) is 0 Å². The lowest BCUT2D eigenvalue weighted by molar-refractivity contribution is 0.357. The van der Waals surface area contributed by atoms with Crippen molar-refractivity contribution >= 4 is 22.8 Å². The summed E-state index contributed by atoms with van der Waals surface area (Å²) in [7, 11) is 2.03. The van der Waals surface area contributed by atoms with Crippen molar-refractivity contribution in [3.05, 3.63) is 11.5 Å². The van der Waals surface area contributed by atoms with Crippen LogP contribution >= 0.6 is 11.6 Å². The summed E-state index contributed by atoms with van der Waals surface area (Å²) in [6, 6.07) is 0.531. The molecule has 0 radical (unpaired) electrons. The molecule has 2 aromatic heterocycles. The molecule has 1 aliphatic carbocycles. The number of rotatable bonds is 4. The predicted octanol–water partition coefficient (Wildman–Crippen LogP) is 3.86. The highest BCUT2D eigenvalue weighted by atomic mass is 35.5. The third-order valence-electron chi connectivity index (χ3n) is 4.77. The first-order chi connectivity index (χ1) is 9.96. The van der Waals surface area contributed by atoms with Gasteiger partial charge in [-0.2, -0.15) is 5.10 Å². The van der Waals surface area contributed by atoms with Crippen LogP contribution in [0.15, 0.2) is 0 Å². The molecule has 0 spiro atoms. The van der Waals surface area contributed by atoms with Gasteiger partial charge in [0, 0.05) is 25.4 Å². The molecule has 2 heterocycles. The summed E-state index contributed by atoms with van der Waals surface area (Å²) >= 11 is 6.00. The van der Waals surface area contributed by atoms with Crippen LogP contribution in [0.4, 0.5) is 0 Å². The Bertz CT molecular complexity index is 653. The molecule has 1 unspecified atom stereocenters. The van der Waals surface area contributed by atoms with Gasteiger partial charge in [-0.3, -0.25) is 4.68 Å². The van der Waals surface area contributed by atoms with Gasteiger partial charge in [0.1, 0.15) is 11.3 Å². The Labute approximate surface area is 131 Å². The lowest BCUT2D eigenvalue weighted by Crippen LogP contribution is -2.14. The number of halogens is 1. The lowest BCUT2D eigenvalue weighted by atomic mass is 9.92. The van der Waals surface area contributed by atoms with Gasteiger partial charge in [0.2, 0.25) is 0 Å². The molecule has 0 aromatic carbocycles. The summed E-state index contributed by atoms with van der Waals surface area (Å²) in [5, 5.41) is 4.64. The lowest BCUT2D eigenvalue weighted by Gasteiger charge is -2.20. The quantitative estimate of drug-likeness (QED) is 0.804. The molecule has 0 aliphatic heterocycles. The number of fused-ring (bicyclic) bond motifs is 1. The molecule has 0 amide bonds. The minimum Gasteiger partial charge on any atom is -0.310 e. The van der Waals surface area contributed by atoms with Gasteiger partial charge in [-0.1, -0.05) is 20.8 Å². The van der Waals surface area contributed by atoms with Gasteiger partial charge in [0.05, 0.1) is 5.69 Å². The van der Waals surface area contributed by atoms with Crippen molar-refractivity contribution in [1.29, 1.82) is 0 Å². The molecule has 1 saturated carbocycles. The number of nitrogens with zero attached hydrogens (tertiary/aromatic N) is 4. The molecule has 3 rings (SSSR count). The van der Waals surface area contributed by atoms with Crippen LogP contribution in [0.2, 0.25) is 0 Å². The van der Waals surface area contributed by atoms with Gasteiger partial charge in [0.15, 0.2) is 5.65 Å². The Morgan fingerprint density at radius 3 is 2.71 bits per heavy atom. The Hall–Kier alpha value is -1.03. The zero-order chi connectivity index (χ0) is 15.2. The topological polar surface area (TPSA) is 35.6 Å². The number of hydrogen-bond donors (Lipinski definition) is 0. The van der Waals surface area contributed by atoms with E-state index in [2.05, 4.69) is 30.4 Å². The van der Waals surface area contributed by atoms with Crippen LogP contribution in [0.25, 0.3) is 11.2 Å². The van der Waals surface area contributed by atoms with Crippen molar-refractivity contribution < 1.29 is 0 Å². The molecule has 1 atom stereocenters. The summed E-state index contributed by atoms with van der Waals surface area (Å²) in [4.78, 5) is 4.88. The Balaban J connectivity index is 2.14. The van der Waals surface area contributed by atoms with E-state index in [1.807, 2.05) is 11.7 Å². The highest BCUT2D eigenvalue weighted by Gasteiger charge is 2.34. The highest BCUT2D eigenvalue weighted by Crippen LogP contribution is 2.45. The van der Waals surface area contributed by atoms with Crippen LogP contribution in [-0.2, 0) is 19.9 Å². The summed E-state index contributed by atoms with van der Waals surface area (Å²) in [5.74, 6) is 1.75. The number of imidazole rings is 1. The number of aromatic nitrogens is 4. The first kappa shape index (κ1) is 14.9. The number of alkyl halides is 1. The molecular weight excluding hydrogens is 284 g/mol. The van der Waals surface area contributed by atoms with E-state index in [0.29, 0.717) is 17.3 Å². The molecule has 0 bridgehead atoms. The molecule has 0 saturated heterocycles. The van der Waals surface area contributed by atoms with Crippen LogP contribution in [0.1, 0.15) is 57.6 Å². The third kappa shape index (κ3) is 2.48. The van der Waals surface area contributed by atoms with E-state index in [1.165, 1.54) is 24.9 Å². The Morgan fingerprint density at radius 2 is 2.14 bits per heavy atom. The number of aryl methyl sites for hydroxylation is 3. The van der Waals surface area contributed by atoms with Gasteiger partial charge in [-0.15, -0.1) is 11.6 Å². The van der Waals surface area contributed by atoms with Crippen molar-refractivity contribution in [2.75, 3.05) is 5.88 Å². The van der Waals surface area contributed by atoms with Gasteiger partial charge >= 0.3 is 0 Å². The van der Waals surface area contributed by atoms with Gasteiger partial charge in [0.25, 0.3) is 0 Å². The SMILES string of the molecule is CCc1nn(C)c2c1nc(CCCl)n2C1CCC(C)(C)C1. The van der Waals surface area contributed by atoms with Crippen molar-refractivity contribution in [3.63, 3.8) is 0 Å². The zero-order valence-corrected chi connectivity index (χ0v) is 14.2. The van der Waals surface area contributed by atoms with Crippen molar-refractivity contribution in [2.45, 2.75) is 58.9 Å². The van der Waals surface area contributed by atoms with Gasteiger partial charge in [-0.25, -0.2) is 4.98 Å². The maximum Gasteiger partial charge on any atom is 0.158 e. The highest BCUT2D eigenvalue weighted by molar-refractivity contribution is 6.17. The zero-order valence-electron chi connectivity index (χ0n) is 13.5. The predicted molar refractivity (Wildman–Crippen MR) is 87.0 cm³/mol. The van der Waals surface area contributed by atoms with E-state index < -0.39 is 0 Å². The summed E-state index contributed by atoms with van der Waals surface area (Å²) in [6.45, 7) is 6.87. The average molecular weight is 309 g/mol. The number of hydrogen-bond acceptors (Lipinski definition) is 2. The maximum atomic E-state index is 6.00. The fourth-order valence-electron chi connectivity index (χ4n) is 3.75. The second-order valence-electron chi connectivity index (χ2n) is 6.99. The first-order valence-electron chi connectivity index (χ1n) is 7.95. The van der Waals surface area contributed by atoms with E-state index in [-0.39, 0.29) is 0 Å². The Morgan fingerprint density at radius 1 is 1.38 bits per heavy atom. The second-order valence-corrected chi connectivity index (χ2v) is 7.37. The molecule has 4 nitrogen and oxygen atoms in total. The average Bonchev–Trinajstić information content (AvgIpc) is 3.04. The molecule has 0 N–H and O–H groups in total. The van der Waals surface area contributed by atoms with Crippen LogP contribution in [0.5, 0.6) is 0 Å². The van der Waals surface area contributed by atoms with E-state index >= 15 is 0 Å². The van der Waals surface area contributed by atoms with Gasteiger partial charge < -0.3 is 4.57 Å². The van der Waals surface area contributed by atoms with Crippen LogP contribution in [0.3, 0.4) is 0 Å².